The quantitative estimate of drug-likeness (QED) is 0.544. The third-order valence-corrected chi connectivity index (χ3v) is 4.42. The Balaban J connectivity index is 1.92. The maximum absolute atomic E-state index is 15.0. The van der Waals surface area contributed by atoms with E-state index >= 15 is 0 Å². The second kappa shape index (κ2) is 8.44. The van der Waals surface area contributed by atoms with Gasteiger partial charge in [-0.25, -0.2) is 4.39 Å². The highest BCUT2D eigenvalue weighted by atomic mass is 19.3. The van der Waals surface area contributed by atoms with Gasteiger partial charge in [0.1, 0.15) is 17.2 Å². The number of alkyl halides is 2. The van der Waals surface area contributed by atoms with Crippen LogP contribution in [0.4, 0.5) is 13.2 Å². The second-order valence-corrected chi connectivity index (χ2v) is 6.32. The van der Waals surface area contributed by atoms with Crippen LogP contribution in [0.3, 0.4) is 0 Å². The summed E-state index contributed by atoms with van der Waals surface area (Å²) in [5, 5.41) is 0. The predicted molar refractivity (Wildman–Crippen MR) is 98.5 cm³/mol. The first-order valence-corrected chi connectivity index (χ1v) is 8.86. The molecule has 0 aromatic heterocycles. The standard InChI is InChI=1S/C22H21F3O2/c1-2-14-26-22(17-8-10-18(11-9-17)27-21(24)25)13-12-19(20(23)15-22)16-6-4-3-5-7-16/h3-13,15,19,21H,2,14H2,1H3. The Kier molecular flexibility index (Phi) is 6.01. The van der Waals surface area contributed by atoms with Gasteiger partial charge >= 0.3 is 6.61 Å². The lowest BCUT2D eigenvalue weighted by Gasteiger charge is -2.33. The molecule has 2 aromatic rings. The van der Waals surface area contributed by atoms with Crippen LogP contribution in [0.25, 0.3) is 0 Å². The molecule has 142 valence electrons. The zero-order valence-corrected chi connectivity index (χ0v) is 14.9. The molecule has 0 radical (unpaired) electrons. The van der Waals surface area contributed by atoms with Gasteiger partial charge in [-0.1, -0.05) is 55.5 Å². The summed E-state index contributed by atoms with van der Waals surface area (Å²) in [7, 11) is 0. The summed E-state index contributed by atoms with van der Waals surface area (Å²) in [5.41, 5.74) is 0.428. The molecule has 5 heteroatoms. The van der Waals surface area contributed by atoms with E-state index in [2.05, 4.69) is 4.74 Å². The molecule has 3 rings (SSSR count). The summed E-state index contributed by atoms with van der Waals surface area (Å²) in [5.74, 6) is -0.732. The van der Waals surface area contributed by atoms with Crippen molar-refractivity contribution in [2.45, 2.75) is 31.5 Å². The Morgan fingerprint density at radius 2 is 1.74 bits per heavy atom. The Bertz CT molecular complexity index is 800. The fraction of sp³-hybridized carbons (Fsp3) is 0.273. The van der Waals surface area contributed by atoms with Gasteiger partial charge in [0.15, 0.2) is 0 Å². The molecule has 2 unspecified atom stereocenters. The van der Waals surface area contributed by atoms with Gasteiger partial charge in [0.2, 0.25) is 0 Å². The first-order valence-electron chi connectivity index (χ1n) is 8.86. The lowest BCUT2D eigenvalue weighted by atomic mass is 9.83. The number of ether oxygens (including phenoxy) is 2. The van der Waals surface area contributed by atoms with Crippen molar-refractivity contribution in [2.75, 3.05) is 6.61 Å². The largest absolute Gasteiger partial charge is 0.435 e. The van der Waals surface area contributed by atoms with Crippen LogP contribution in [0.1, 0.15) is 30.4 Å². The van der Waals surface area contributed by atoms with Crippen LogP contribution in [0.2, 0.25) is 0 Å². The Morgan fingerprint density at radius 3 is 2.33 bits per heavy atom. The van der Waals surface area contributed by atoms with E-state index in [9.17, 15) is 13.2 Å². The zero-order valence-electron chi connectivity index (χ0n) is 14.9. The van der Waals surface area contributed by atoms with E-state index in [-0.39, 0.29) is 11.6 Å². The molecule has 0 saturated heterocycles. The van der Waals surface area contributed by atoms with E-state index in [1.807, 2.05) is 43.3 Å². The van der Waals surface area contributed by atoms with Crippen molar-refractivity contribution < 1.29 is 22.6 Å². The van der Waals surface area contributed by atoms with E-state index in [0.717, 1.165) is 12.0 Å². The number of rotatable bonds is 7. The monoisotopic (exact) mass is 374 g/mol. The summed E-state index contributed by atoms with van der Waals surface area (Å²) in [6.07, 6.45) is 5.83. The van der Waals surface area contributed by atoms with Crippen LogP contribution in [0, 0.1) is 0 Å². The van der Waals surface area contributed by atoms with Gasteiger partial charge in [-0.05, 0) is 41.8 Å². The third kappa shape index (κ3) is 4.42. The van der Waals surface area contributed by atoms with E-state index in [0.29, 0.717) is 12.2 Å². The first kappa shape index (κ1) is 19.2. The lowest BCUT2D eigenvalue weighted by molar-refractivity contribution is -0.0499. The summed E-state index contributed by atoms with van der Waals surface area (Å²) < 4.78 is 50.1. The lowest BCUT2D eigenvalue weighted by Crippen LogP contribution is -2.28. The van der Waals surface area contributed by atoms with Crippen LogP contribution in [-0.4, -0.2) is 13.2 Å². The highest BCUT2D eigenvalue weighted by Gasteiger charge is 2.34. The summed E-state index contributed by atoms with van der Waals surface area (Å²) in [6, 6.07) is 15.5. The van der Waals surface area contributed by atoms with Crippen molar-refractivity contribution in [1.82, 2.24) is 0 Å². The predicted octanol–water partition coefficient (Wildman–Crippen LogP) is 6.12. The van der Waals surface area contributed by atoms with E-state index in [4.69, 9.17) is 4.74 Å². The summed E-state index contributed by atoms with van der Waals surface area (Å²) in [6.45, 7) is -0.494. The highest BCUT2D eigenvalue weighted by Crippen LogP contribution is 2.41. The molecule has 0 N–H and O–H groups in total. The average Bonchev–Trinajstić information content (AvgIpc) is 2.67. The normalized spacial score (nSPS) is 22.0. The Hall–Kier alpha value is -2.53. The van der Waals surface area contributed by atoms with Gasteiger partial charge in [-0.15, -0.1) is 0 Å². The minimum absolute atomic E-state index is 0.0470. The molecule has 2 aromatic carbocycles. The Morgan fingerprint density at radius 1 is 1.04 bits per heavy atom. The molecule has 2 atom stereocenters. The number of allylic oxidation sites excluding steroid dienone is 2. The van der Waals surface area contributed by atoms with Gasteiger partial charge in [-0.2, -0.15) is 8.78 Å². The van der Waals surface area contributed by atoms with Crippen molar-refractivity contribution in [2.24, 2.45) is 0 Å². The van der Waals surface area contributed by atoms with Crippen LogP contribution < -0.4 is 4.74 Å². The number of hydrogen-bond acceptors (Lipinski definition) is 2. The van der Waals surface area contributed by atoms with Gasteiger partial charge < -0.3 is 9.47 Å². The molecule has 0 fully saturated rings. The minimum Gasteiger partial charge on any atom is -0.435 e. The molecule has 27 heavy (non-hydrogen) atoms. The van der Waals surface area contributed by atoms with Gasteiger partial charge in [0.05, 0.1) is 5.92 Å². The van der Waals surface area contributed by atoms with Gasteiger partial charge in [-0.3, -0.25) is 0 Å². The fourth-order valence-corrected chi connectivity index (χ4v) is 3.13. The van der Waals surface area contributed by atoms with Crippen LogP contribution >= 0.6 is 0 Å². The van der Waals surface area contributed by atoms with E-state index in [1.165, 1.54) is 18.2 Å². The summed E-state index contributed by atoms with van der Waals surface area (Å²) >= 11 is 0. The van der Waals surface area contributed by atoms with Crippen LogP contribution in [-0.2, 0) is 10.3 Å². The number of hydrogen-bond donors (Lipinski definition) is 0. The molecule has 1 aliphatic rings. The fourth-order valence-electron chi connectivity index (χ4n) is 3.13. The smallest absolute Gasteiger partial charge is 0.387 e. The van der Waals surface area contributed by atoms with Gasteiger partial charge in [0.25, 0.3) is 0 Å². The maximum Gasteiger partial charge on any atom is 0.387 e. The van der Waals surface area contributed by atoms with Gasteiger partial charge in [0, 0.05) is 6.61 Å². The zero-order chi connectivity index (χ0) is 19.3. The molecule has 0 heterocycles. The van der Waals surface area contributed by atoms with Crippen LogP contribution in [0.5, 0.6) is 5.75 Å². The van der Waals surface area contributed by atoms with Crippen molar-refractivity contribution in [3.8, 4) is 5.75 Å². The van der Waals surface area contributed by atoms with E-state index in [1.54, 1.807) is 18.2 Å². The van der Waals surface area contributed by atoms with Crippen molar-refractivity contribution in [3.63, 3.8) is 0 Å². The molecule has 0 saturated carbocycles. The second-order valence-electron chi connectivity index (χ2n) is 6.32. The average molecular weight is 374 g/mol. The molecule has 0 aliphatic heterocycles. The van der Waals surface area contributed by atoms with Crippen molar-refractivity contribution in [1.29, 1.82) is 0 Å². The molecule has 1 aliphatic carbocycles. The van der Waals surface area contributed by atoms with Crippen molar-refractivity contribution in [3.05, 3.63) is 89.8 Å². The molecule has 0 bridgehead atoms. The molecule has 0 spiro atoms. The van der Waals surface area contributed by atoms with Crippen LogP contribution in [0.15, 0.2) is 78.7 Å². The third-order valence-electron chi connectivity index (χ3n) is 4.42. The highest BCUT2D eigenvalue weighted by molar-refractivity contribution is 5.44. The Labute approximate surface area is 156 Å². The maximum atomic E-state index is 15.0. The van der Waals surface area contributed by atoms with E-state index < -0.39 is 18.1 Å². The minimum atomic E-state index is -2.89. The number of benzene rings is 2. The van der Waals surface area contributed by atoms with Crippen molar-refractivity contribution >= 4 is 0 Å². The topological polar surface area (TPSA) is 18.5 Å². The molecular weight excluding hydrogens is 353 g/mol. The summed E-state index contributed by atoms with van der Waals surface area (Å²) in [4.78, 5) is 0. The SMILES string of the molecule is CCCOC1(c2ccc(OC(F)F)cc2)C=CC(c2ccccc2)C(F)=C1. The number of halogens is 3. The first-order chi connectivity index (χ1) is 13.0. The molecular formula is C22H21F3O2. The molecule has 0 amide bonds. The molecule has 2 nitrogen and oxygen atoms in total.